The average molecular weight is 428 g/mol. The van der Waals surface area contributed by atoms with Gasteiger partial charge in [-0.3, -0.25) is 14.6 Å². The molecule has 0 spiro atoms. The number of piperazine rings is 1. The molecule has 1 aliphatic heterocycles. The number of methoxy groups -OCH3 is 2. The number of nitrogens with zero attached hydrogens (tertiary/aromatic N) is 3. The molecule has 1 aromatic carbocycles. The number of aryl methyl sites for hydroxylation is 2. The summed E-state index contributed by atoms with van der Waals surface area (Å²) in [4.78, 5) is 17.8. The fraction of sp³-hybridized carbons (Fsp3) is 0.560. The van der Waals surface area contributed by atoms with Gasteiger partial charge in [0.15, 0.2) is 5.78 Å². The quantitative estimate of drug-likeness (QED) is 0.572. The first-order valence-corrected chi connectivity index (χ1v) is 11.1. The third kappa shape index (κ3) is 5.56. The summed E-state index contributed by atoms with van der Waals surface area (Å²) in [6.45, 7) is 14.0. The topological polar surface area (TPSA) is 46.9 Å². The molecule has 170 valence electrons. The van der Waals surface area contributed by atoms with Gasteiger partial charge in [0.1, 0.15) is 5.75 Å². The van der Waals surface area contributed by atoms with Crippen molar-refractivity contribution in [2.24, 2.45) is 0 Å². The number of rotatable bonds is 9. The van der Waals surface area contributed by atoms with Crippen molar-refractivity contribution >= 4 is 5.78 Å². The van der Waals surface area contributed by atoms with Gasteiger partial charge in [-0.15, -0.1) is 0 Å². The van der Waals surface area contributed by atoms with Crippen LogP contribution in [0.4, 0.5) is 0 Å². The molecule has 1 saturated heterocycles. The van der Waals surface area contributed by atoms with Gasteiger partial charge < -0.3 is 14.0 Å². The third-order valence-electron chi connectivity index (χ3n) is 6.30. The molecular formula is C25H37N3O3. The zero-order valence-electron chi connectivity index (χ0n) is 19.9. The maximum atomic E-state index is 13.1. The van der Waals surface area contributed by atoms with Gasteiger partial charge in [0.05, 0.1) is 26.3 Å². The summed E-state index contributed by atoms with van der Waals surface area (Å²) in [5.41, 5.74) is 5.47. The van der Waals surface area contributed by atoms with E-state index in [1.165, 1.54) is 11.1 Å². The molecule has 3 rings (SSSR count). The molecule has 0 unspecified atom stereocenters. The molecule has 6 heteroatoms. The maximum absolute atomic E-state index is 13.1. The fourth-order valence-electron chi connectivity index (χ4n) is 4.72. The molecule has 2 aromatic rings. The number of benzene rings is 1. The van der Waals surface area contributed by atoms with Crippen LogP contribution in [0.3, 0.4) is 0 Å². The van der Waals surface area contributed by atoms with Crippen molar-refractivity contribution in [1.29, 1.82) is 0 Å². The summed E-state index contributed by atoms with van der Waals surface area (Å²) < 4.78 is 13.0. The van der Waals surface area contributed by atoms with Crippen LogP contribution in [0.1, 0.15) is 45.8 Å². The molecule has 0 bridgehead atoms. The number of hydrogen-bond donors (Lipinski definition) is 0. The molecule has 1 atom stereocenters. The van der Waals surface area contributed by atoms with Gasteiger partial charge in [-0.25, -0.2) is 0 Å². The number of hydrogen-bond acceptors (Lipinski definition) is 5. The second-order valence-electron chi connectivity index (χ2n) is 8.75. The standard InChI is InChI=1S/C25H37N3O3/c1-18-7-8-25(31-6)22(13-18)15-26-9-11-27(12-10-26)16-24(29)23-14-19(2)28(21(23)4)20(3)17-30-5/h7-8,13-14,20H,9-12,15-17H2,1-6H3/t20-/m1/s1. The molecule has 2 heterocycles. The predicted octanol–water partition coefficient (Wildman–Crippen LogP) is 3.63. The molecule has 0 aliphatic carbocycles. The molecule has 0 radical (unpaired) electrons. The van der Waals surface area contributed by atoms with Gasteiger partial charge in [0.2, 0.25) is 0 Å². The zero-order chi connectivity index (χ0) is 22.5. The normalized spacial score (nSPS) is 16.5. The fourth-order valence-corrected chi connectivity index (χ4v) is 4.72. The van der Waals surface area contributed by atoms with Gasteiger partial charge >= 0.3 is 0 Å². The second kappa shape index (κ2) is 10.4. The average Bonchev–Trinajstić information content (AvgIpc) is 3.04. The van der Waals surface area contributed by atoms with Crippen molar-refractivity contribution in [3.63, 3.8) is 0 Å². The lowest BCUT2D eigenvalue weighted by atomic mass is 10.1. The van der Waals surface area contributed by atoms with E-state index in [2.05, 4.69) is 47.3 Å². The third-order valence-corrected chi connectivity index (χ3v) is 6.30. The van der Waals surface area contributed by atoms with E-state index < -0.39 is 0 Å². The van der Waals surface area contributed by atoms with Crippen LogP contribution in [0.5, 0.6) is 5.75 Å². The van der Waals surface area contributed by atoms with E-state index in [1.54, 1.807) is 14.2 Å². The van der Waals surface area contributed by atoms with E-state index in [4.69, 9.17) is 9.47 Å². The minimum absolute atomic E-state index is 0.206. The lowest BCUT2D eigenvalue weighted by Crippen LogP contribution is -2.47. The number of carbonyl (C=O) groups is 1. The van der Waals surface area contributed by atoms with E-state index in [1.807, 2.05) is 19.1 Å². The molecule has 0 amide bonds. The SMILES string of the molecule is COC[C@@H](C)n1c(C)cc(C(=O)CN2CCN(Cc3cc(C)ccc3OC)CC2)c1C. The molecule has 0 N–H and O–H groups in total. The number of ether oxygens (including phenoxy) is 2. The molecule has 1 aliphatic rings. The number of aromatic nitrogens is 1. The summed E-state index contributed by atoms with van der Waals surface area (Å²) in [5, 5.41) is 0. The Morgan fingerprint density at radius 3 is 2.35 bits per heavy atom. The Labute approximate surface area is 186 Å². The Bertz CT molecular complexity index is 898. The number of Topliss-reactive ketones (excluding diaryl/α,β-unsaturated/α-hetero) is 1. The van der Waals surface area contributed by atoms with Crippen molar-refractivity contribution < 1.29 is 14.3 Å². The summed E-state index contributed by atoms with van der Waals surface area (Å²) in [6.07, 6.45) is 0. The largest absolute Gasteiger partial charge is 0.496 e. The van der Waals surface area contributed by atoms with Crippen molar-refractivity contribution in [3.05, 3.63) is 52.3 Å². The maximum Gasteiger partial charge on any atom is 0.178 e. The van der Waals surface area contributed by atoms with Crippen LogP contribution in [-0.4, -0.2) is 73.7 Å². The monoisotopic (exact) mass is 427 g/mol. The Morgan fingerprint density at radius 1 is 1.03 bits per heavy atom. The van der Waals surface area contributed by atoms with Crippen molar-refractivity contribution in [1.82, 2.24) is 14.4 Å². The van der Waals surface area contributed by atoms with Crippen LogP contribution >= 0.6 is 0 Å². The molecule has 6 nitrogen and oxygen atoms in total. The molecule has 1 aromatic heterocycles. The minimum atomic E-state index is 0.206. The van der Waals surface area contributed by atoms with Crippen molar-refractivity contribution in [2.75, 3.05) is 53.6 Å². The van der Waals surface area contributed by atoms with E-state index in [-0.39, 0.29) is 11.8 Å². The lowest BCUT2D eigenvalue weighted by molar-refractivity contribution is 0.0842. The van der Waals surface area contributed by atoms with Crippen LogP contribution in [0.25, 0.3) is 0 Å². The van der Waals surface area contributed by atoms with Crippen LogP contribution in [0.2, 0.25) is 0 Å². The van der Waals surface area contributed by atoms with Gasteiger partial charge in [-0.2, -0.15) is 0 Å². The van der Waals surface area contributed by atoms with Crippen LogP contribution in [0, 0.1) is 20.8 Å². The highest BCUT2D eigenvalue weighted by Crippen LogP contribution is 2.23. The molecular weight excluding hydrogens is 390 g/mol. The molecule has 0 saturated carbocycles. The Morgan fingerprint density at radius 2 is 1.71 bits per heavy atom. The van der Waals surface area contributed by atoms with E-state index in [9.17, 15) is 4.79 Å². The highest BCUT2D eigenvalue weighted by Gasteiger charge is 2.23. The summed E-state index contributed by atoms with van der Waals surface area (Å²) in [5.74, 6) is 1.15. The highest BCUT2D eigenvalue weighted by atomic mass is 16.5. The van der Waals surface area contributed by atoms with E-state index in [0.29, 0.717) is 13.2 Å². The summed E-state index contributed by atoms with van der Waals surface area (Å²) in [7, 11) is 3.44. The number of ketones is 1. The van der Waals surface area contributed by atoms with Gasteiger partial charge in [0, 0.05) is 62.3 Å². The van der Waals surface area contributed by atoms with Crippen LogP contribution in [0.15, 0.2) is 24.3 Å². The molecule has 31 heavy (non-hydrogen) atoms. The van der Waals surface area contributed by atoms with E-state index in [0.717, 1.165) is 55.4 Å². The van der Waals surface area contributed by atoms with Gasteiger partial charge in [0.25, 0.3) is 0 Å². The minimum Gasteiger partial charge on any atom is -0.496 e. The van der Waals surface area contributed by atoms with Crippen LogP contribution < -0.4 is 4.74 Å². The highest BCUT2D eigenvalue weighted by molar-refractivity contribution is 5.99. The smallest absolute Gasteiger partial charge is 0.178 e. The van der Waals surface area contributed by atoms with Crippen molar-refractivity contribution in [2.45, 2.75) is 40.3 Å². The Hall–Kier alpha value is -2.15. The van der Waals surface area contributed by atoms with Crippen molar-refractivity contribution in [3.8, 4) is 5.75 Å². The molecule has 1 fully saturated rings. The first-order valence-electron chi connectivity index (χ1n) is 11.1. The van der Waals surface area contributed by atoms with E-state index >= 15 is 0 Å². The second-order valence-corrected chi connectivity index (χ2v) is 8.75. The summed E-state index contributed by atoms with van der Waals surface area (Å²) >= 11 is 0. The van der Waals surface area contributed by atoms with Crippen LogP contribution in [-0.2, 0) is 11.3 Å². The first-order chi connectivity index (χ1) is 14.8. The van der Waals surface area contributed by atoms with Gasteiger partial charge in [-0.05, 0) is 39.8 Å². The predicted molar refractivity (Wildman–Crippen MR) is 124 cm³/mol. The first kappa shape index (κ1) is 23.5. The summed E-state index contributed by atoms with van der Waals surface area (Å²) in [6, 6.07) is 8.58. The Kier molecular flexibility index (Phi) is 7.92. The number of carbonyl (C=O) groups excluding carboxylic acids is 1. The zero-order valence-corrected chi connectivity index (χ0v) is 19.9. The van der Waals surface area contributed by atoms with Gasteiger partial charge in [-0.1, -0.05) is 17.7 Å². The Balaban J connectivity index is 1.57. The lowest BCUT2D eigenvalue weighted by Gasteiger charge is -2.34.